The summed E-state index contributed by atoms with van der Waals surface area (Å²) in [6.45, 7) is 3.33. The first-order valence-corrected chi connectivity index (χ1v) is 6.84. The molecule has 0 aliphatic rings. The van der Waals surface area contributed by atoms with Crippen LogP contribution in [-0.2, 0) is 9.59 Å². The molecule has 0 aliphatic heterocycles. The molecule has 0 saturated carbocycles. The van der Waals surface area contributed by atoms with Crippen LogP contribution in [0.5, 0.6) is 5.75 Å². The van der Waals surface area contributed by atoms with Crippen molar-refractivity contribution in [1.82, 2.24) is 10.9 Å². The molecule has 2 amide bonds. The van der Waals surface area contributed by atoms with Crippen molar-refractivity contribution < 1.29 is 14.3 Å². The van der Waals surface area contributed by atoms with Gasteiger partial charge in [-0.3, -0.25) is 20.4 Å². The lowest BCUT2D eigenvalue weighted by Gasteiger charge is -2.15. The Morgan fingerprint density at radius 2 is 1.81 bits per heavy atom. The maximum absolute atomic E-state index is 11.8. The molecule has 0 fully saturated rings. The average Bonchev–Trinajstić information content (AvgIpc) is 2.51. The van der Waals surface area contributed by atoms with Gasteiger partial charge in [0.1, 0.15) is 5.75 Å². The molecule has 0 radical (unpaired) electrons. The van der Waals surface area contributed by atoms with E-state index >= 15 is 0 Å². The molecule has 2 aromatic carbocycles. The molecule has 21 heavy (non-hydrogen) atoms. The monoisotopic (exact) mass is 286 g/mol. The first-order chi connectivity index (χ1) is 10.1. The van der Waals surface area contributed by atoms with E-state index in [0.29, 0.717) is 12.2 Å². The van der Waals surface area contributed by atoms with Gasteiger partial charge in [-0.05, 0) is 29.8 Å². The molecule has 110 valence electrons. The second-order valence-electron chi connectivity index (χ2n) is 4.66. The lowest BCUT2D eigenvalue weighted by molar-refractivity contribution is -0.132. The van der Waals surface area contributed by atoms with Crippen LogP contribution >= 0.6 is 0 Å². The molecule has 0 unspecified atom stereocenters. The van der Waals surface area contributed by atoms with Crippen molar-refractivity contribution in [1.29, 1.82) is 0 Å². The molecule has 2 N–H and O–H groups in total. The highest BCUT2D eigenvalue weighted by atomic mass is 16.5. The molecule has 5 nitrogen and oxygen atoms in total. The zero-order valence-electron chi connectivity index (χ0n) is 12.1. The van der Waals surface area contributed by atoms with Crippen molar-refractivity contribution in [2.24, 2.45) is 0 Å². The lowest BCUT2D eigenvalue weighted by atomic mass is 10.1. The molecule has 0 aliphatic carbocycles. The minimum atomic E-state index is -0.705. The first-order valence-electron chi connectivity index (χ1n) is 6.84. The third kappa shape index (κ3) is 3.95. The number of carbonyl (C=O) groups excluding carboxylic acids is 2. The summed E-state index contributed by atoms with van der Waals surface area (Å²) in [4.78, 5) is 22.9. The quantitative estimate of drug-likeness (QED) is 0.846. The van der Waals surface area contributed by atoms with E-state index in [1.54, 1.807) is 13.8 Å². The van der Waals surface area contributed by atoms with Crippen molar-refractivity contribution in [2.75, 3.05) is 0 Å². The predicted octanol–water partition coefficient (Wildman–Crippen LogP) is 2.16. The SMILES string of the molecule is CCC(=O)NNC(=O)[C@@H](C)Oc1ccc2ccccc2c1. The van der Waals surface area contributed by atoms with Crippen LogP contribution in [0.1, 0.15) is 20.3 Å². The van der Waals surface area contributed by atoms with Crippen LogP contribution in [0, 0.1) is 0 Å². The molecule has 5 heteroatoms. The molecule has 0 bridgehead atoms. The summed E-state index contributed by atoms with van der Waals surface area (Å²) < 4.78 is 5.59. The molecular formula is C16H18N2O3. The average molecular weight is 286 g/mol. The fourth-order valence-electron chi connectivity index (χ4n) is 1.82. The number of ether oxygens (including phenoxy) is 1. The number of fused-ring (bicyclic) bond motifs is 1. The van der Waals surface area contributed by atoms with Gasteiger partial charge in [-0.15, -0.1) is 0 Å². The summed E-state index contributed by atoms with van der Waals surface area (Å²) >= 11 is 0. The number of carbonyl (C=O) groups is 2. The Labute approximate surface area is 123 Å². The summed E-state index contributed by atoms with van der Waals surface area (Å²) in [6.07, 6.45) is -0.400. The Balaban J connectivity index is 1.98. The van der Waals surface area contributed by atoms with Crippen LogP contribution in [0.3, 0.4) is 0 Å². The van der Waals surface area contributed by atoms with Crippen molar-refractivity contribution in [2.45, 2.75) is 26.4 Å². The minimum Gasteiger partial charge on any atom is -0.481 e. The number of hydrogen-bond acceptors (Lipinski definition) is 3. The van der Waals surface area contributed by atoms with Crippen LogP contribution in [0.4, 0.5) is 0 Å². The van der Waals surface area contributed by atoms with Gasteiger partial charge in [0.25, 0.3) is 5.91 Å². The zero-order valence-corrected chi connectivity index (χ0v) is 12.1. The van der Waals surface area contributed by atoms with Gasteiger partial charge >= 0.3 is 0 Å². The largest absolute Gasteiger partial charge is 0.481 e. The smallest absolute Gasteiger partial charge is 0.279 e. The second kappa shape index (κ2) is 6.74. The van der Waals surface area contributed by atoms with Crippen molar-refractivity contribution in [3.05, 3.63) is 42.5 Å². The van der Waals surface area contributed by atoms with Gasteiger partial charge in [-0.2, -0.15) is 0 Å². The van der Waals surface area contributed by atoms with Gasteiger partial charge in [0.2, 0.25) is 5.91 Å². The Bertz CT molecular complexity index is 655. The summed E-state index contributed by atoms with van der Waals surface area (Å²) in [7, 11) is 0. The standard InChI is InChI=1S/C16H18N2O3/c1-3-15(19)17-18-16(20)11(2)21-14-9-8-12-6-4-5-7-13(12)10-14/h4-11H,3H2,1-2H3,(H,17,19)(H,18,20)/t11-/m1/s1. The van der Waals surface area contributed by atoms with Gasteiger partial charge in [-0.25, -0.2) is 0 Å². The topological polar surface area (TPSA) is 67.4 Å². The summed E-state index contributed by atoms with van der Waals surface area (Å²) in [6, 6.07) is 13.5. The summed E-state index contributed by atoms with van der Waals surface area (Å²) in [5.74, 6) is -0.0376. The highest BCUT2D eigenvalue weighted by Crippen LogP contribution is 2.21. The van der Waals surface area contributed by atoms with Crippen LogP contribution in [0.15, 0.2) is 42.5 Å². The first kappa shape index (κ1) is 14.8. The lowest BCUT2D eigenvalue weighted by Crippen LogP contribution is -2.46. The molecule has 0 spiro atoms. The van der Waals surface area contributed by atoms with Gasteiger partial charge in [0.15, 0.2) is 6.10 Å². The third-order valence-corrected chi connectivity index (χ3v) is 3.05. The molecule has 0 saturated heterocycles. The Morgan fingerprint density at radius 1 is 1.10 bits per heavy atom. The molecule has 0 heterocycles. The number of amides is 2. The van der Waals surface area contributed by atoms with Crippen molar-refractivity contribution >= 4 is 22.6 Å². The highest BCUT2D eigenvalue weighted by Gasteiger charge is 2.15. The van der Waals surface area contributed by atoms with Gasteiger partial charge < -0.3 is 4.74 Å². The summed E-state index contributed by atoms with van der Waals surface area (Å²) in [5, 5.41) is 2.15. The summed E-state index contributed by atoms with van der Waals surface area (Å²) in [5.41, 5.74) is 4.64. The number of hydrazine groups is 1. The molecule has 2 rings (SSSR count). The van der Waals surface area contributed by atoms with E-state index in [1.807, 2.05) is 42.5 Å². The van der Waals surface area contributed by atoms with E-state index < -0.39 is 12.0 Å². The predicted molar refractivity (Wildman–Crippen MR) is 80.6 cm³/mol. The maximum Gasteiger partial charge on any atom is 0.279 e. The molecule has 0 aromatic heterocycles. The van der Waals surface area contributed by atoms with E-state index in [0.717, 1.165) is 10.8 Å². The number of hydrogen-bond donors (Lipinski definition) is 2. The Hall–Kier alpha value is -2.56. The fraction of sp³-hybridized carbons (Fsp3) is 0.250. The van der Waals surface area contributed by atoms with E-state index in [4.69, 9.17) is 4.74 Å². The normalized spacial score (nSPS) is 11.7. The van der Waals surface area contributed by atoms with E-state index in [9.17, 15) is 9.59 Å². The molecular weight excluding hydrogens is 268 g/mol. The fourth-order valence-corrected chi connectivity index (χ4v) is 1.82. The Morgan fingerprint density at radius 3 is 2.52 bits per heavy atom. The van der Waals surface area contributed by atoms with Crippen LogP contribution in [0.25, 0.3) is 10.8 Å². The van der Waals surface area contributed by atoms with Crippen LogP contribution in [0.2, 0.25) is 0 Å². The van der Waals surface area contributed by atoms with E-state index in [-0.39, 0.29) is 5.91 Å². The van der Waals surface area contributed by atoms with Gasteiger partial charge in [0.05, 0.1) is 0 Å². The number of rotatable bonds is 4. The molecule has 2 aromatic rings. The zero-order chi connectivity index (χ0) is 15.2. The highest BCUT2D eigenvalue weighted by molar-refractivity contribution is 5.85. The van der Waals surface area contributed by atoms with Crippen LogP contribution < -0.4 is 15.6 Å². The van der Waals surface area contributed by atoms with Gasteiger partial charge in [0, 0.05) is 6.42 Å². The van der Waals surface area contributed by atoms with Crippen LogP contribution in [-0.4, -0.2) is 17.9 Å². The maximum atomic E-state index is 11.8. The number of nitrogens with one attached hydrogen (secondary N) is 2. The van der Waals surface area contributed by atoms with Gasteiger partial charge in [-0.1, -0.05) is 37.3 Å². The van der Waals surface area contributed by atoms with Crippen molar-refractivity contribution in [3.8, 4) is 5.75 Å². The van der Waals surface area contributed by atoms with E-state index in [2.05, 4.69) is 10.9 Å². The minimum absolute atomic E-state index is 0.249. The number of benzene rings is 2. The second-order valence-corrected chi connectivity index (χ2v) is 4.66. The third-order valence-electron chi connectivity index (χ3n) is 3.05. The molecule has 1 atom stereocenters. The van der Waals surface area contributed by atoms with E-state index in [1.165, 1.54) is 0 Å². The van der Waals surface area contributed by atoms with Crippen molar-refractivity contribution in [3.63, 3.8) is 0 Å². The Kier molecular flexibility index (Phi) is 4.77.